The summed E-state index contributed by atoms with van der Waals surface area (Å²) >= 11 is 0. The summed E-state index contributed by atoms with van der Waals surface area (Å²) in [5.74, 6) is 0. The monoisotopic (exact) mass is 349 g/mol. The van der Waals surface area contributed by atoms with Crippen molar-refractivity contribution < 1.29 is 21.1 Å². The largest absolute Gasteiger partial charge is 0.327 e. The smallest absolute Gasteiger partial charge is 0.0110 e. The van der Waals surface area contributed by atoms with E-state index in [2.05, 4.69) is 0 Å². The van der Waals surface area contributed by atoms with Gasteiger partial charge in [-0.1, -0.05) is 12.8 Å². The maximum atomic E-state index is 6.09. The minimum Gasteiger partial charge on any atom is -0.327 e. The zero-order valence-corrected chi connectivity index (χ0v) is 9.64. The molecule has 2 atom stereocenters. The van der Waals surface area contributed by atoms with Crippen molar-refractivity contribution in [1.29, 1.82) is 0 Å². The molecule has 2 nitrogen and oxygen atoms in total. The van der Waals surface area contributed by atoms with Crippen LogP contribution in [0.5, 0.6) is 0 Å². The minimum atomic E-state index is 0. The van der Waals surface area contributed by atoms with Gasteiger partial charge in [-0.15, -0.1) is 0 Å². The van der Waals surface area contributed by atoms with Crippen LogP contribution in [-0.4, -0.2) is 12.1 Å². The van der Waals surface area contributed by atoms with Crippen molar-refractivity contribution >= 4 is 0 Å². The van der Waals surface area contributed by atoms with Crippen LogP contribution in [-0.2, 0) is 21.1 Å². The van der Waals surface area contributed by atoms with E-state index in [0.29, 0.717) is 17.5 Å². The number of hydrogen-bond donors (Lipinski definition) is 2. The van der Waals surface area contributed by atoms with Crippen molar-refractivity contribution in [3.05, 3.63) is 0 Å². The summed E-state index contributed by atoms with van der Waals surface area (Å²) in [5, 5.41) is 0. The van der Waals surface area contributed by atoms with E-state index in [1.165, 1.54) is 38.5 Å². The Bertz CT molecular complexity index is 143. The van der Waals surface area contributed by atoms with Crippen molar-refractivity contribution in [3.8, 4) is 0 Å². The van der Waals surface area contributed by atoms with Gasteiger partial charge in [-0.25, -0.2) is 0 Å². The third-order valence-electron chi connectivity index (χ3n) is 3.79. The summed E-state index contributed by atoms with van der Waals surface area (Å²) in [6, 6.07) is 0.806. The van der Waals surface area contributed by atoms with Crippen molar-refractivity contribution in [3.63, 3.8) is 0 Å². The molecular weight excluding hydrogens is 331 g/mol. The molecule has 74 valence electrons. The first-order valence-electron chi connectivity index (χ1n) is 4.77. The summed E-state index contributed by atoms with van der Waals surface area (Å²) in [4.78, 5) is 0. The van der Waals surface area contributed by atoms with E-state index < -0.39 is 0 Å². The van der Waals surface area contributed by atoms with Gasteiger partial charge in [0, 0.05) is 38.6 Å². The fourth-order valence-electron chi connectivity index (χ4n) is 3.02. The first-order valence-corrected chi connectivity index (χ1v) is 4.77. The molecule has 2 aliphatic carbocycles. The van der Waals surface area contributed by atoms with Crippen LogP contribution in [0.1, 0.15) is 38.5 Å². The van der Waals surface area contributed by atoms with Gasteiger partial charge in [0.25, 0.3) is 0 Å². The maximum absolute atomic E-state index is 6.09. The standard InChI is InChI=1S/C9H18N2.Pt/c10-7-3-1-5-9(7)6-2-4-8(9)11;/h7-8H,1-6,10-11H2;. The first-order chi connectivity index (χ1) is 5.26. The van der Waals surface area contributed by atoms with Gasteiger partial charge >= 0.3 is 0 Å². The Kier molecular flexibility index (Phi) is 3.36. The molecule has 1 spiro atoms. The van der Waals surface area contributed by atoms with Gasteiger partial charge in [0.05, 0.1) is 0 Å². The zero-order valence-electron chi connectivity index (χ0n) is 7.37. The molecule has 0 radical (unpaired) electrons. The predicted octanol–water partition coefficient (Wildman–Crippen LogP) is 0.993. The Labute approximate surface area is 88.7 Å². The summed E-state index contributed by atoms with van der Waals surface area (Å²) < 4.78 is 0. The number of nitrogens with two attached hydrogens (primary N) is 2. The molecule has 0 saturated heterocycles. The average molecular weight is 349 g/mol. The Morgan fingerprint density at radius 1 is 0.917 bits per heavy atom. The van der Waals surface area contributed by atoms with Gasteiger partial charge in [-0.3, -0.25) is 0 Å². The molecule has 0 aliphatic heterocycles. The Morgan fingerprint density at radius 2 is 1.33 bits per heavy atom. The normalized spacial score (nSPS) is 46.5. The quantitative estimate of drug-likeness (QED) is 0.685. The van der Waals surface area contributed by atoms with Crippen LogP contribution in [0.3, 0.4) is 0 Å². The van der Waals surface area contributed by atoms with Crippen molar-refractivity contribution in [1.82, 2.24) is 0 Å². The summed E-state index contributed by atoms with van der Waals surface area (Å²) in [6.07, 6.45) is 7.58. The fraction of sp³-hybridized carbons (Fsp3) is 1.00. The summed E-state index contributed by atoms with van der Waals surface area (Å²) in [6.45, 7) is 0. The molecule has 0 amide bonds. The fourth-order valence-corrected chi connectivity index (χ4v) is 3.02. The van der Waals surface area contributed by atoms with Crippen LogP contribution in [0, 0.1) is 5.41 Å². The number of rotatable bonds is 0. The topological polar surface area (TPSA) is 52.0 Å². The molecule has 0 heterocycles. The average Bonchev–Trinajstić information content (AvgIpc) is 2.48. The third-order valence-corrected chi connectivity index (χ3v) is 3.79. The molecule has 0 aromatic rings. The number of hydrogen-bond acceptors (Lipinski definition) is 2. The summed E-state index contributed by atoms with van der Waals surface area (Å²) in [5.41, 5.74) is 12.5. The molecule has 2 saturated carbocycles. The summed E-state index contributed by atoms with van der Waals surface area (Å²) in [7, 11) is 0. The van der Waals surface area contributed by atoms with Crippen LogP contribution >= 0.6 is 0 Å². The van der Waals surface area contributed by atoms with Crippen LogP contribution in [0.15, 0.2) is 0 Å². The Morgan fingerprint density at radius 3 is 1.58 bits per heavy atom. The van der Waals surface area contributed by atoms with Gasteiger partial charge < -0.3 is 11.5 Å². The van der Waals surface area contributed by atoms with Crippen LogP contribution in [0.4, 0.5) is 0 Å². The Hall–Kier alpha value is 0.608. The van der Waals surface area contributed by atoms with Crippen molar-refractivity contribution in [2.75, 3.05) is 0 Å². The second-order valence-corrected chi connectivity index (χ2v) is 4.23. The molecule has 3 heteroatoms. The molecule has 2 fully saturated rings. The molecule has 0 aromatic heterocycles. The van der Waals surface area contributed by atoms with Gasteiger partial charge in [0.1, 0.15) is 0 Å². The van der Waals surface area contributed by atoms with Crippen molar-refractivity contribution in [2.45, 2.75) is 50.6 Å². The Balaban J connectivity index is 0.000000720. The second-order valence-electron chi connectivity index (χ2n) is 4.23. The second kappa shape index (κ2) is 3.77. The van der Waals surface area contributed by atoms with Crippen LogP contribution in [0.2, 0.25) is 0 Å². The van der Waals surface area contributed by atoms with E-state index in [0.717, 1.165) is 0 Å². The van der Waals surface area contributed by atoms with E-state index >= 15 is 0 Å². The van der Waals surface area contributed by atoms with Crippen molar-refractivity contribution in [2.24, 2.45) is 16.9 Å². The molecule has 2 rings (SSSR count). The van der Waals surface area contributed by atoms with E-state index in [9.17, 15) is 0 Å². The van der Waals surface area contributed by atoms with Gasteiger partial charge in [0.15, 0.2) is 0 Å². The van der Waals surface area contributed by atoms with Gasteiger partial charge in [-0.05, 0) is 25.7 Å². The van der Waals surface area contributed by atoms with E-state index in [-0.39, 0.29) is 21.1 Å². The molecule has 0 bridgehead atoms. The van der Waals surface area contributed by atoms with Crippen LogP contribution < -0.4 is 11.5 Å². The molecule has 2 unspecified atom stereocenters. The first kappa shape index (κ1) is 10.7. The SMILES string of the molecule is NC1CCCC12CCCC2N.[Pt]. The third kappa shape index (κ3) is 1.38. The van der Waals surface area contributed by atoms with Gasteiger partial charge in [0.2, 0.25) is 0 Å². The molecule has 4 N–H and O–H groups in total. The van der Waals surface area contributed by atoms with E-state index in [1.54, 1.807) is 0 Å². The molecule has 0 aromatic carbocycles. The maximum Gasteiger partial charge on any atom is 0.0110 e. The molecule has 2 aliphatic rings. The zero-order chi connectivity index (χ0) is 7.90. The van der Waals surface area contributed by atoms with Gasteiger partial charge in [-0.2, -0.15) is 0 Å². The molecular formula is C9H18N2Pt. The molecule has 12 heavy (non-hydrogen) atoms. The minimum absolute atomic E-state index is 0. The predicted molar refractivity (Wildman–Crippen MR) is 46.1 cm³/mol. The van der Waals surface area contributed by atoms with Crippen LogP contribution in [0.25, 0.3) is 0 Å². The van der Waals surface area contributed by atoms with E-state index in [1.807, 2.05) is 0 Å². The van der Waals surface area contributed by atoms with E-state index in [4.69, 9.17) is 11.5 Å².